The second kappa shape index (κ2) is 3.43. The molecule has 68 valence electrons. The van der Waals surface area contributed by atoms with Gasteiger partial charge in [-0.15, -0.1) is 0 Å². The third-order valence-electron chi connectivity index (χ3n) is 1.73. The molecule has 0 amide bonds. The normalized spacial score (nSPS) is 10.9. The number of fused-ring (bicyclic) bond motifs is 1. The van der Waals surface area contributed by atoms with E-state index in [4.69, 9.17) is 5.73 Å². The van der Waals surface area contributed by atoms with Crippen LogP contribution in [0.15, 0.2) is 22.8 Å². The lowest BCUT2D eigenvalue weighted by Gasteiger charge is -1.90. The van der Waals surface area contributed by atoms with Crippen LogP contribution in [0.5, 0.6) is 0 Å². The number of hydrogen-bond donors (Lipinski definition) is 1. The molecule has 0 unspecified atom stereocenters. The van der Waals surface area contributed by atoms with E-state index in [9.17, 15) is 0 Å². The highest BCUT2D eigenvalue weighted by Crippen LogP contribution is 2.15. The van der Waals surface area contributed by atoms with Crippen LogP contribution in [0.4, 0.5) is 0 Å². The molecule has 2 N–H and O–H groups in total. The molecule has 0 atom stereocenters. The molecule has 0 fully saturated rings. The highest BCUT2D eigenvalue weighted by molar-refractivity contribution is 9.10. The second-order valence-corrected chi connectivity index (χ2v) is 3.55. The van der Waals surface area contributed by atoms with E-state index in [1.54, 1.807) is 4.52 Å². The average Bonchev–Trinajstić information content (AvgIpc) is 2.49. The maximum absolute atomic E-state index is 5.42. The number of hydrogen-bond acceptors (Lipinski definition) is 3. The molecule has 0 spiro atoms. The molecule has 0 aromatic carbocycles. The number of pyridine rings is 1. The van der Waals surface area contributed by atoms with Gasteiger partial charge in [0.15, 0.2) is 11.5 Å². The van der Waals surface area contributed by atoms with Gasteiger partial charge in [0.25, 0.3) is 0 Å². The third-order valence-corrected chi connectivity index (χ3v) is 2.35. The van der Waals surface area contributed by atoms with Crippen molar-refractivity contribution in [3.05, 3.63) is 28.6 Å². The zero-order chi connectivity index (χ0) is 9.26. The quantitative estimate of drug-likeness (QED) is 0.853. The van der Waals surface area contributed by atoms with Gasteiger partial charge in [-0.05, 0) is 34.6 Å². The number of nitrogens with two attached hydrogens (primary N) is 1. The lowest BCUT2D eigenvalue weighted by Crippen LogP contribution is -2.04. The maximum Gasteiger partial charge on any atom is 0.169 e. The molecule has 2 rings (SSSR count). The highest BCUT2D eigenvalue weighted by Gasteiger charge is 2.04. The van der Waals surface area contributed by atoms with E-state index < -0.39 is 0 Å². The first-order valence-electron chi connectivity index (χ1n) is 4.01. The molecular weight excluding hydrogens is 232 g/mol. The van der Waals surface area contributed by atoms with Crippen molar-refractivity contribution in [3.63, 3.8) is 0 Å². The van der Waals surface area contributed by atoms with Gasteiger partial charge in [0.05, 0.1) is 4.47 Å². The van der Waals surface area contributed by atoms with Gasteiger partial charge < -0.3 is 5.73 Å². The SMILES string of the molecule is NCCc1nc2c(Br)cccn2n1. The van der Waals surface area contributed by atoms with Gasteiger partial charge in [-0.25, -0.2) is 9.50 Å². The molecule has 0 aliphatic heterocycles. The van der Waals surface area contributed by atoms with E-state index in [-0.39, 0.29) is 0 Å². The molecule has 13 heavy (non-hydrogen) atoms. The molecule has 2 heterocycles. The smallest absolute Gasteiger partial charge is 0.169 e. The van der Waals surface area contributed by atoms with Gasteiger partial charge in [-0.3, -0.25) is 0 Å². The Labute approximate surface area is 83.9 Å². The Bertz CT molecular complexity index is 423. The van der Waals surface area contributed by atoms with Crippen LogP contribution in [0.1, 0.15) is 5.82 Å². The Morgan fingerprint density at radius 2 is 2.38 bits per heavy atom. The van der Waals surface area contributed by atoms with Crippen LogP contribution < -0.4 is 5.73 Å². The molecule has 0 aliphatic carbocycles. The van der Waals surface area contributed by atoms with E-state index in [1.165, 1.54) is 0 Å². The topological polar surface area (TPSA) is 56.2 Å². The fourth-order valence-electron chi connectivity index (χ4n) is 1.15. The van der Waals surface area contributed by atoms with Gasteiger partial charge >= 0.3 is 0 Å². The van der Waals surface area contributed by atoms with Gasteiger partial charge in [0.1, 0.15) is 0 Å². The first kappa shape index (κ1) is 8.65. The van der Waals surface area contributed by atoms with Gasteiger partial charge in [-0.2, -0.15) is 5.10 Å². The third kappa shape index (κ3) is 1.57. The second-order valence-electron chi connectivity index (χ2n) is 2.69. The largest absolute Gasteiger partial charge is 0.330 e. The van der Waals surface area contributed by atoms with Crippen LogP contribution in [0.25, 0.3) is 5.65 Å². The van der Waals surface area contributed by atoms with Gasteiger partial charge in [0.2, 0.25) is 0 Å². The molecule has 0 saturated heterocycles. The summed E-state index contributed by atoms with van der Waals surface area (Å²) in [5.74, 6) is 0.786. The van der Waals surface area contributed by atoms with Crippen molar-refractivity contribution in [2.75, 3.05) is 6.54 Å². The summed E-state index contributed by atoms with van der Waals surface area (Å²) < 4.78 is 2.69. The molecule has 2 aromatic rings. The molecule has 0 bridgehead atoms. The highest BCUT2D eigenvalue weighted by atomic mass is 79.9. The number of nitrogens with zero attached hydrogens (tertiary/aromatic N) is 3. The summed E-state index contributed by atoms with van der Waals surface area (Å²) >= 11 is 3.41. The Morgan fingerprint density at radius 1 is 1.54 bits per heavy atom. The minimum Gasteiger partial charge on any atom is -0.330 e. The van der Waals surface area contributed by atoms with E-state index in [0.29, 0.717) is 13.0 Å². The Hall–Kier alpha value is -0.940. The van der Waals surface area contributed by atoms with Crippen molar-refractivity contribution in [1.29, 1.82) is 0 Å². The van der Waals surface area contributed by atoms with Crippen LogP contribution in [-0.2, 0) is 6.42 Å². The average molecular weight is 241 g/mol. The molecule has 0 radical (unpaired) electrons. The molecule has 0 saturated carbocycles. The van der Waals surface area contributed by atoms with Gasteiger partial charge in [-0.1, -0.05) is 0 Å². The van der Waals surface area contributed by atoms with Crippen molar-refractivity contribution < 1.29 is 0 Å². The molecular formula is C8H9BrN4. The first-order chi connectivity index (χ1) is 6.31. The lowest BCUT2D eigenvalue weighted by molar-refractivity contribution is 0.844. The molecule has 5 heteroatoms. The molecule has 0 aliphatic rings. The fraction of sp³-hybridized carbons (Fsp3) is 0.250. The first-order valence-corrected chi connectivity index (χ1v) is 4.80. The predicted octanol–water partition coefficient (Wildman–Crippen LogP) is 0.993. The standard InChI is InChI=1S/C8H9BrN4/c9-6-2-1-5-13-8(6)11-7(12-13)3-4-10/h1-2,5H,3-4,10H2. The molecule has 2 aromatic heterocycles. The van der Waals surface area contributed by atoms with E-state index >= 15 is 0 Å². The zero-order valence-electron chi connectivity index (χ0n) is 6.94. The van der Waals surface area contributed by atoms with E-state index in [1.807, 2.05) is 18.3 Å². The van der Waals surface area contributed by atoms with E-state index in [2.05, 4.69) is 26.0 Å². The monoisotopic (exact) mass is 240 g/mol. The van der Waals surface area contributed by atoms with Crippen molar-refractivity contribution in [3.8, 4) is 0 Å². The Kier molecular flexibility index (Phi) is 2.28. The van der Waals surface area contributed by atoms with Crippen LogP contribution >= 0.6 is 15.9 Å². The number of aromatic nitrogens is 3. The van der Waals surface area contributed by atoms with Crippen LogP contribution in [0.3, 0.4) is 0 Å². The Morgan fingerprint density at radius 3 is 3.08 bits per heavy atom. The minimum absolute atomic E-state index is 0.578. The molecule has 4 nitrogen and oxygen atoms in total. The lowest BCUT2D eigenvalue weighted by atomic mass is 10.4. The van der Waals surface area contributed by atoms with Crippen LogP contribution in [0.2, 0.25) is 0 Å². The van der Waals surface area contributed by atoms with Crippen molar-refractivity contribution in [2.24, 2.45) is 5.73 Å². The summed E-state index contributed by atoms with van der Waals surface area (Å²) in [5, 5.41) is 4.26. The zero-order valence-corrected chi connectivity index (χ0v) is 8.53. The Balaban J connectivity index is 2.55. The summed E-state index contributed by atoms with van der Waals surface area (Å²) in [6, 6.07) is 3.86. The van der Waals surface area contributed by atoms with Gasteiger partial charge in [0, 0.05) is 12.6 Å². The maximum atomic E-state index is 5.42. The number of rotatable bonds is 2. The van der Waals surface area contributed by atoms with Crippen molar-refractivity contribution in [2.45, 2.75) is 6.42 Å². The summed E-state index contributed by atoms with van der Waals surface area (Å²) in [6.45, 7) is 0.578. The van der Waals surface area contributed by atoms with Crippen molar-refractivity contribution in [1.82, 2.24) is 14.6 Å². The fourth-order valence-corrected chi connectivity index (χ4v) is 1.58. The van der Waals surface area contributed by atoms with Crippen LogP contribution in [-0.4, -0.2) is 21.1 Å². The van der Waals surface area contributed by atoms with E-state index in [0.717, 1.165) is 15.9 Å². The predicted molar refractivity (Wildman–Crippen MR) is 53.4 cm³/mol. The van der Waals surface area contributed by atoms with Crippen molar-refractivity contribution >= 4 is 21.6 Å². The summed E-state index contributed by atoms with van der Waals surface area (Å²) in [7, 11) is 0. The summed E-state index contributed by atoms with van der Waals surface area (Å²) in [6.07, 6.45) is 2.58. The number of halogens is 1. The summed E-state index contributed by atoms with van der Waals surface area (Å²) in [5.41, 5.74) is 6.26. The minimum atomic E-state index is 0.578. The van der Waals surface area contributed by atoms with Crippen LogP contribution in [0, 0.1) is 0 Å². The summed E-state index contributed by atoms with van der Waals surface area (Å²) in [4.78, 5) is 4.33.